The van der Waals surface area contributed by atoms with Crippen LogP contribution in [0.2, 0.25) is 0 Å². The fraction of sp³-hybridized carbons (Fsp3) is 0.714. The molecular weight excluding hydrogens is 152 g/mol. The Kier molecular flexibility index (Phi) is 2.96. The predicted octanol–water partition coefficient (Wildman–Crippen LogP) is 0.781. The van der Waals surface area contributed by atoms with Crippen molar-refractivity contribution in [2.24, 2.45) is 11.7 Å². The highest BCUT2D eigenvalue weighted by Crippen LogP contribution is 2.19. The van der Waals surface area contributed by atoms with Crippen LogP contribution >= 0.6 is 0 Å². The summed E-state index contributed by atoms with van der Waals surface area (Å²) in [5, 5.41) is 0. The van der Waals surface area contributed by atoms with E-state index in [4.69, 9.17) is 10.5 Å². The van der Waals surface area contributed by atoms with Gasteiger partial charge in [-0.15, -0.1) is 0 Å². The van der Waals surface area contributed by atoms with E-state index in [1.165, 1.54) is 0 Å². The van der Waals surface area contributed by atoms with Crippen LogP contribution in [0.4, 0.5) is 8.78 Å². The van der Waals surface area contributed by atoms with Crippen LogP contribution in [0.25, 0.3) is 0 Å². The van der Waals surface area contributed by atoms with Crippen LogP contribution in [-0.2, 0) is 4.74 Å². The van der Waals surface area contributed by atoms with Crippen LogP contribution in [0.3, 0.4) is 0 Å². The van der Waals surface area contributed by atoms with Gasteiger partial charge in [-0.05, 0) is 0 Å². The van der Waals surface area contributed by atoms with Gasteiger partial charge in [-0.2, -0.15) is 0 Å². The molecule has 0 aliphatic carbocycles. The average molecular weight is 163 g/mol. The number of halogens is 2. The molecule has 2 atom stereocenters. The van der Waals surface area contributed by atoms with Gasteiger partial charge < -0.3 is 10.5 Å². The molecule has 0 fully saturated rings. The van der Waals surface area contributed by atoms with Gasteiger partial charge in [0.2, 0.25) is 6.43 Å². The van der Waals surface area contributed by atoms with E-state index in [1.54, 1.807) is 12.2 Å². The summed E-state index contributed by atoms with van der Waals surface area (Å²) in [7, 11) is 0. The van der Waals surface area contributed by atoms with Crippen molar-refractivity contribution in [2.75, 3.05) is 13.2 Å². The summed E-state index contributed by atoms with van der Waals surface area (Å²) in [5.74, 6) is -0.853. The van der Waals surface area contributed by atoms with Gasteiger partial charge in [0.05, 0.1) is 18.6 Å². The minimum atomic E-state index is -2.40. The lowest BCUT2D eigenvalue weighted by molar-refractivity contribution is -0.00569. The Bertz CT molecular complexity index is 149. The molecule has 64 valence electrons. The summed E-state index contributed by atoms with van der Waals surface area (Å²) < 4.78 is 29.3. The van der Waals surface area contributed by atoms with E-state index >= 15 is 0 Å². The van der Waals surface area contributed by atoms with E-state index in [9.17, 15) is 8.78 Å². The quantitative estimate of drug-likeness (QED) is 0.624. The molecule has 1 aliphatic rings. The monoisotopic (exact) mass is 163 g/mol. The molecule has 2 nitrogen and oxygen atoms in total. The van der Waals surface area contributed by atoms with Gasteiger partial charge in [-0.25, -0.2) is 8.78 Å². The van der Waals surface area contributed by atoms with Crippen molar-refractivity contribution in [3.63, 3.8) is 0 Å². The zero-order valence-corrected chi connectivity index (χ0v) is 6.04. The fourth-order valence-corrected chi connectivity index (χ4v) is 1.06. The van der Waals surface area contributed by atoms with Crippen molar-refractivity contribution >= 4 is 0 Å². The maximum Gasteiger partial charge on any atom is 0.245 e. The number of ether oxygens (including phenoxy) is 1. The minimum Gasteiger partial charge on any atom is -0.370 e. The Labute approximate surface area is 64.0 Å². The van der Waals surface area contributed by atoms with Crippen molar-refractivity contribution in [3.8, 4) is 0 Å². The molecule has 0 aromatic carbocycles. The Morgan fingerprint density at radius 3 is 2.73 bits per heavy atom. The van der Waals surface area contributed by atoms with Crippen molar-refractivity contribution in [1.82, 2.24) is 0 Å². The van der Waals surface area contributed by atoms with Gasteiger partial charge >= 0.3 is 0 Å². The molecule has 4 heteroatoms. The number of alkyl halides is 2. The van der Waals surface area contributed by atoms with Gasteiger partial charge in [0.1, 0.15) is 0 Å². The van der Waals surface area contributed by atoms with Crippen LogP contribution in [0.1, 0.15) is 0 Å². The summed E-state index contributed by atoms with van der Waals surface area (Å²) >= 11 is 0. The molecule has 11 heavy (non-hydrogen) atoms. The first-order valence-corrected chi connectivity index (χ1v) is 3.52. The summed E-state index contributed by atoms with van der Waals surface area (Å²) in [6.07, 6.45) is 0.493. The second kappa shape index (κ2) is 3.78. The Morgan fingerprint density at radius 2 is 2.36 bits per heavy atom. The lowest BCUT2D eigenvalue weighted by Gasteiger charge is -2.18. The summed E-state index contributed by atoms with van der Waals surface area (Å²) in [6.45, 7) is 0.389. The molecule has 0 saturated heterocycles. The second-order valence-corrected chi connectivity index (χ2v) is 2.46. The summed E-state index contributed by atoms with van der Waals surface area (Å²) in [4.78, 5) is 0. The minimum absolute atomic E-state index is 0.0350. The molecule has 1 rings (SSSR count). The molecule has 0 aromatic rings. The van der Waals surface area contributed by atoms with E-state index in [2.05, 4.69) is 0 Å². The third-order valence-corrected chi connectivity index (χ3v) is 1.73. The molecule has 0 aromatic heterocycles. The Balaban J connectivity index is 2.47. The van der Waals surface area contributed by atoms with E-state index in [1.807, 2.05) is 0 Å². The Morgan fingerprint density at radius 1 is 1.64 bits per heavy atom. The lowest BCUT2D eigenvalue weighted by Crippen LogP contribution is -2.32. The van der Waals surface area contributed by atoms with Gasteiger partial charge in [-0.3, -0.25) is 0 Å². The molecule has 1 aliphatic heterocycles. The van der Waals surface area contributed by atoms with Gasteiger partial charge in [0.15, 0.2) is 0 Å². The summed E-state index contributed by atoms with van der Waals surface area (Å²) in [6, 6.07) is 0. The molecular formula is C7H11F2NO. The summed E-state index contributed by atoms with van der Waals surface area (Å²) in [5.41, 5.74) is 5.16. The van der Waals surface area contributed by atoms with Gasteiger partial charge in [0.25, 0.3) is 0 Å². The first-order valence-electron chi connectivity index (χ1n) is 3.52. The number of hydrogen-bond acceptors (Lipinski definition) is 2. The third kappa shape index (κ3) is 1.97. The normalized spacial score (nSPS) is 26.4. The van der Waals surface area contributed by atoms with Crippen LogP contribution in [-0.4, -0.2) is 25.7 Å². The van der Waals surface area contributed by atoms with E-state index in [0.717, 1.165) is 0 Å². The predicted molar refractivity (Wildman–Crippen MR) is 37.4 cm³/mol. The highest BCUT2D eigenvalue weighted by Gasteiger charge is 2.28. The van der Waals surface area contributed by atoms with Crippen LogP contribution < -0.4 is 5.73 Å². The van der Waals surface area contributed by atoms with Crippen LogP contribution in [0.5, 0.6) is 0 Å². The van der Waals surface area contributed by atoms with Gasteiger partial charge in [0, 0.05) is 6.54 Å². The zero-order chi connectivity index (χ0) is 8.27. The molecule has 0 amide bonds. The molecule has 0 spiro atoms. The topological polar surface area (TPSA) is 35.2 Å². The van der Waals surface area contributed by atoms with Crippen molar-refractivity contribution in [3.05, 3.63) is 12.2 Å². The molecule has 1 heterocycles. The van der Waals surface area contributed by atoms with Crippen LogP contribution in [0.15, 0.2) is 12.2 Å². The molecule has 0 radical (unpaired) electrons. The second-order valence-electron chi connectivity index (χ2n) is 2.46. The van der Waals surface area contributed by atoms with Crippen molar-refractivity contribution in [1.29, 1.82) is 0 Å². The smallest absolute Gasteiger partial charge is 0.245 e. The fourth-order valence-electron chi connectivity index (χ4n) is 1.06. The maximum absolute atomic E-state index is 12.2. The maximum atomic E-state index is 12.2. The van der Waals surface area contributed by atoms with Crippen LogP contribution in [0, 0.1) is 5.92 Å². The largest absolute Gasteiger partial charge is 0.370 e. The zero-order valence-electron chi connectivity index (χ0n) is 6.04. The highest BCUT2D eigenvalue weighted by molar-refractivity contribution is 4.99. The highest BCUT2D eigenvalue weighted by atomic mass is 19.3. The van der Waals surface area contributed by atoms with Crippen molar-refractivity contribution < 1.29 is 13.5 Å². The van der Waals surface area contributed by atoms with E-state index in [0.29, 0.717) is 6.61 Å². The lowest BCUT2D eigenvalue weighted by atomic mass is 10.0. The van der Waals surface area contributed by atoms with E-state index in [-0.39, 0.29) is 6.54 Å². The number of nitrogens with two attached hydrogens (primary N) is 1. The van der Waals surface area contributed by atoms with E-state index < -0.39 is 18.4 Å². The number of rotatable bonds is 3. The first-order chi connectivity index (χ1) is 5.25. The SMILES string of the molecule is NCC(C(F)F)C1C=CCO1. The molecule has 2 unspecified atom stereocenters. The molecule has 0 saturated carbocycles. The standard InChI is InChI=1S/C7H11F2NO/c8-7(9)5(4-10)6-2-1-3-11-6/h1-2,5-7H,3-4,10H2. The first kappa shape index (κ1) is 8.62. The Hall–Kier alpha value is -0.480. The number of hydrogen-bond donors (Lipinski definition) is 1. The van der Waals surface area contributed by atoms with Crippen molar-refractivity contribution in [2.45, 2.75) is 12.5 Å². The molecule has 2 N–H and O–H groups in total. The third-order valence-electron chi connectivity index (χ3n) is 1.73. The molecule has 0 bridgehead atoms. The average Bonchev–Trinajstić information content (AvgIpc) is 2.40. The van der Waals surface area contributed by atoms with Gasteiger partial charge in [-0.1, -0.05) is 12.2 Å².